The van der Waals surface area contributed by atoms with Crippen LogP contribution in [0, 0.1) is 0 Å². The summed E-state index contributed by atoms with van der Waals surface area (Å²) in [5.41, 5.74) is 1.40. The molecule has 0 saturated carbocycles. The van der Waals surface area contributed by atoms with Gasteiger partial charge in [-0.05, 0) is 48.2 Å². The van der Waals surface area contributed by atoms with Gasteiger partial charge in [0.1, 0.15) is 5.75 Å². The fraction of sp³-hybridized carbons (Fsp3) is 0.316. The van der Waals surface area contributed by atoms with Crippen molar-refractivity contribution in [1.29, 1.82) is 0 Å². The van der Waals surface area contributed by atoms with E-state index in [1.54, 1.807) is 25.3 Å². The van der Waals surface area contributed by atoms with Gasteiger partial charge < -0.3 is 19.7 Å². The number of rotatable bonds is 8. The van der Waals surface area contributed by atoms with E-state index in [9.17, 15) is 15.0 Å². The lowest BCUT2D eigenvalue weighted by molar-refractivity contribution is -0.138. The zero-order valence-electron chi connectivity index (χ0n) is 13.9. The molecule has 5 heteroatoms. The van der Waals surface area contributed by atoms with Gasteiger partial charge in [0.25, 0.3) is 0 Å². The highest BCUT2D eigenvalue weighted by Gasteiger charge is 2.21. The minimum atomic E-state index is -0.938. The lowest BCUT2D eigenvalue weighted by atomic mass is 9.92. The highest BCUT2D eigenvalue weighted by molar-refractivity contribution is 5.76. The molecule has 1 unspecified atom stereocenters. The average Bonchev–Trinajstić information content (AvgIpc) is 2.57. The highest BCUT2D eigenvalue weighted by atomic mass is 16.5. The lowest BCUT2D eigenvalue weighted by Gasteiger charge is -2.15. The second-order valence-electron chi connectivity index (χ2n) is 5.52. The molecular formula is C19H22O5. The smallest absolute Gasteiger partial charge is 0.311 e. The summed E-state index contributed by atoms with van der Waals surface area (Å²) in [6.07, 6.45) is 1.17. The molecule has 2 aromatic rings. The van der Waals surface area contributed by atoms with Crippen LogP contribution in [-0.2, 0) is 11.2 Å². The van der Waals surface area contributed by atoms with Crippen molar-refractivity contribution in [2.45, 2.75) is 25.7 Å². The number of carbonyl (C=O) groups is 1. The number of phenolic OH excluding ortho intramolecular Hbond substituents is 1. The largest absolute Gasteiger partial charge is 0.508 e. The van der Waals surface area contributed by atoms with Crippen LogP contribution in [0.15, 0.2) is 42.5 Å². The molecule has 2 N–H and O–H groups in total. The maximum atomic E-state index is 11.7. The number of benzene rings is 2. The monoisotopic (exact) mass is 330 g/mol. The minimum absolute atomic E-state index is 0.0560. The van der Waals surface area contributed by atoms with E-state index < -0.39 is 11.9 Å². The van der Waals surface area contributed by atoms with Crippen LogP contribution in [0.3, 0.4) is 0 Å². The Morgan fingerprint density at radius 3 is 2.58 bits per heavy atom. The Labute approximate surface area is 141 Å². The molecule has 0 fully saturated rings. The third-order valence-electron chi connectivity index (χ3n) is 3.70. The van der Waals surface area contributed by atoms with Crippen LogP contribution in [0.1, 0.15) is 30.4 Å². The average molecular weight is 330 g/mol. The summed E-state index contributed by atoms with van der Waals surface area (Å²) in [6, 6.07) is 11.8. The van der Waals surface area contributed by atoms with Crippen molar-refractivity contribution >= 4 is 5.97 Å². The second kappa shape index (κ2) is 8.24. The Kier molecular flexibility index (Phi) is 6.07. The Bertz CT molecular complexity index is 696. The molecule has 24 heavy (non-hydrogen) atoms. The first-order valence-corrected chi connectivity index (χ1v) is 7.86. The molecule has 0 heterocycles. The third-order valence-corrected chi connectivity index (χ3v) is 3.70. The standard InChI is InChI=1S/C19H22O5/c1-3-9-24-18-11-13(7-8-17(18)23-2)10-16(19(21)22)14-5-4-6-15(20)12-14/h4-8,11-12,16,20H,3,9-10H2,1-2H3,(H,21,22). The molecule has 0 aliphatic rings. The maximum absolute atomic E-state index is 11.7. The van der Waals surface area contributed by atoms with E-state index >= 15 is 0 Å². The maximum Gasteiger partial charge on any atom is 0.311 e. The number of hydrogen-bond acceptors (Lipinski definition) is 4. The molecule has 0 aromatic heterocycles. The summed E-state index contributed by atoms with van der Waals surface area (Å²) < 4.78 is 10.9. The molecule has 0 bridgehead atoms. The number of carboxylic acid groups (broad SMARTS) is 1. The van der Waals surface area contributed by atoms with Crippen molar-refractivity contribution in [1.82, 2.24) is 0 Å². The van der Waals surface area contributed by atoms with E-state index in [2.05, 4.69) is 0 Å². The molecule has 5 nitrogen and oxygen atoms in total. The number of aliphatic carboxylic acids is 1. The van der Waals surface area contributed by atoms with Gasteiger partial charge in [0.05, 0.1) is 19.6 Å². The number of phenols is 1. The van der Waals surface area contributed by atoms with Gasteiger partial charge in [-0.25, -0.2) is 0 Å². The van der Waals surface area contributed by atoms with Crippen molar-refractivity contribution < 1.29 is 24.5 Å². The molecule has 128 valence electrons. The molecule has 0 radical (unpaired) electrons. The van der Waals surface area contributed by atoms with E-state index in [0.29, 0.717) is 30.1 Å². The predicted octanol–water partition coefficient (Wildman–Crippen LogP) is 3.60. The quantitative estimate of drug-likeness (QED) is 0.773. The number of aromatic hydroxyl groups is 1. The van der Waals surface area contributed by atoms with Gasteiger partial charge in [0, 0.05) is 0 Å². The van der Waals surface area contributed by atoms with Gasteiger partial charge >= 0.3 is 5.97 Å². The van der Waals surface area contributed by atoms with E-state index in [0.717, 1.165) is 12.0 Å². The van der Waals surface area contributed by atoms with Gasteiger partial charge in [0.2, 0.25) is 0 Å². The Hall–Kier alpha value is -2.69. The van der Waals surface area contributed by atoms with Gasteiger partial charge in [-0.3, -0.25) is 4.79 Å². The first kappa shape index (κ1) is 17.7. The van der Waals surface area contributed by atoms with Crippen LogP contribution >= 0.6 is 0 Å². The summed E-state index contributed by atoms with van der Waals surface area (Å²) in [5.74, 6) is -0.397. The van der Waals surface area contributed by atoms with Crippen LogP contribution < -0.4 is 9.47 Å². The fourth-order valence-corrected chi connectivity index (χ4v) is 2.50. The summed E-state index contributed by atoms with van der Waals surface area (Å²) in [7, 11) is 1.57. The molecule has 0 spiro atoms. The van der Waals surface area contributed by atoms with Gasteiger partial charge in [0.15, 0.2) is 11.5 Å². The van der Waals surface area contributed by atoms with Crippen molar-refractivity contribution in [2.75, 3.05) is 13.7 Å². The summed E-state index contributed by atoms with van der Waals surface area (Å²) in [4.78, 5) is 11.7. The zero-order chi connectivity index (χ0) is 17.5. The molecule has 0 aliphatic heterocycles. The first-order valence-electron chi connectivity index (χ1n) is 7.86. The van der Waals surface area contributed by atoms with Crippen molar-refractivity contribution in [3.63, 3.8) is 0 Å². The van der Waals surface area contributed by atoms with E-state index in [4.69, 9.17) is 9.47 Å². The predicted molar refractivity (Wildman–Crippen MR) is 91.0 cm³/mol. The van der Waals surface area contributed by atoms with Gasteiger partial charge in [-0.2, -0.15) is 0 Å². The zero-order valence-corrected chi connectivity index (χ0v) is 13.9. The number of ether oxygens (including phenoxy) is 2. The Balaban J connectivity index is 2.27. The van der Waals surface area contributed by atoms with E-state index in [1.165, 1.54) is 12.1 Å². The normalized spacial score (nSPS) is 11.8. The summed E-state index contributed by atoms with van der Waals surface area (Å²) >= 11 is 0. The van der Waals surface area contributed by atoms with Crippen molar-refractivity contribution in [3.8, 4) is 17.2 Å². The molecule has 0 aliphatic carbocycles. The molecule has 0 saturated heterocycles. The van der Waals surface area contributed by atoms with Gasteiger partial charge in [-0.15, -0.1) is 0 Å². The van der Waals surface area contributed by atoms with Crippen LogP contribution in [0.5, 0.6) is 17.2 Å². The lowest BCUT2D eigenvalue weighted by Crippen LogP contribution is -2.14. The van der Waals surface area contributed by atoms with Crippen LogP contribution in [0.25, 0.3) is 0 Å². The molecule has 1 atom stereocenters. The molecular weight excluding hydrogens is 308 g/mol. The molecule has 0 amide bonds. The highest BCUT2D eigenvalue weighted by Crippen LogP contribution is 2.31. The molecule has 2 rings (SSSR count). The Morgan fingerprint density at radius 1 is 1.17 bits per heavy atom. The van der Waals surface area contributed by atoms with E-state index in [1.807, 2.05) is 19.1 Å². The van der Waals surface area contributed by atoms with Gasteiger partial charge in [-0.1, -0.05) is 25.1 Å². The van der Waals surface area contributed by atoms with Crippen molar-refractivity contribution in [3.05, 3.63) is 53.6 Å². The van der Waals surface area contributed by atoms with Crippen LogP contribution in [-0.4, -0.2) is 29.9 Å². The minimum Gasteiger partial charge on any atom is -0.508 e. The number of carboxylic acids is 1. The summed E-state index contributed by atoms with van der Waals surface area (Å²) in [5, 5.41) is 19.1. The van der Waals surface area contributed by atoms with E-state index in [-0.39, 0.29) is 5.75 Å². The second-order valence-corrected chi connectivity index (χ2v) is 5.52. The number of methoxy groups -OCH3 is 1. The topological polar surface area (TPSA) is 76.0 Å². The Morgan fingerprint density at radius 2 is 1.96 bits per heavy atom. The summed E-state index contributed by atoms with van der Waals surface area (Å²) in [6.45, 7) is 2.58. The first-order chi connectivity index (χ1) is 11.5. The SMILES string of the molecule is CCCOc1cc(CC(C(=O)O)c2cccc(O)c2)ccc1OC. The van der Waals surface area contributed by atoms with Crippen molar-refractivity contribution in [2.24, 2.45) is 0 Å². The van der Waals surface area contributed by atoms with Crippen LogP contribution in [0.4, 0.5) is 0 Å². The number of hydrogen-bond donors (Lipinski definition) is 2. The molecule has 2 aromatic carbocycles. The third kappa shape index (κ3) is 4.41. The van der Waals surface area contributed by atoms with Crippen LogP contribution in [0.2, 0.25) is 0 Å². The fourth-order valence-electron chi connectivity index (χ4n) is 2.50.